The smallest absolute Gasteiger partial charge is 0.265 e. The van der Waals surface area contributed by atoms with E-state index < -0.39 is 0 Å². The first-order chi connectivity index (χ1) is 14.0. The zero-order valence-electron chi connectivity index (χ0n) is 15.6. The van der Waals surface area contributed by atoms with Gasteiger partial charge in [-0.25, -0.2) is 4.39 Å². The van der Waals surface area contributed by atoms with E-state index >= 15 is 0 Å². The topological polar surface area (TPSA) is 38.8 Å². The highest BCUT2D eigenvalue weighted by Crippen LogP contribution is 2.28. The number of rotatable bonds is 7. The molecular formula is C22H18Cl2FNO3. The Balaban J connectivity index is 1.80. The molecule has 0 aliphatic heterocycles. The Morgan fingerprint density at radius 2 is 1.69 bits per heavy atom. The largest absolute Gasteiger partial charge is 0.497 e. The molecule has 3 aromatic rings. The molecule has 0 unspecified atom stereocenters. The van der Waals surface area contributed by atoms with E-state index in [1.54, 1.807) is 66.6 Å². The molecule has 0 saturated carbocycles. The highest BCUT2D eigenvalue weighted by molar-refractivity contribution is 6.35. The fraction of sp³-hybridized carbons (Fsp3) is 0.136. The van der Waals surface area contributed by atoms with E-state index in [9.17, 15) is 9.18 Å². The van der Waals surface area contributed by atoms with Gasteiger partial charge in [0.05, 0.1) is 18.7 Å². The van der Waals surface area contributed by atoms with Crippen LogP contribution in [0.2, 0.25) is 10.0 Å². The minimum Gasteiger partial charge on any atom is -0.497 e. The minimum atomic E-state index is -0.336. The molecule has 3 aromatic carbocycles. The molecule has 0 N–H and O–H groups in total. The Morgan fingerprint density at radius 1 is 1.00 bits per heavy atom. The van der Waals surface area contributed by atoms with Crippen LogP contribution in [0.4, 0.5) is 10.1 Å². The Kier molecular flexibility index (Phi) is 6.96. The van der Waals surface area contributed by atoms with Gasteiger partial charge < -0.3 is 14.4 Å². The average Bonchev–Trinajstić information content (AvgIpc) is 2.72. The summed E-state index contributed by atoms with van der Waals surface area (Å²) in [6, 6.07) is 17.8. The van der Waals surface area contributed by atoms with Crippen molar-refractivity contribution in [3.8, 4) is 11.5 Å². The van der Waals surface area contributed by atoms with Gasteiger partial charge in [0.2, 0.25) is 0 Å². The summed E-state index contributed by atoms with van der Waals surface area (Å²) < 4.78 is 24.0. The normalized spacial score (nSPS) is 10.5. The van der Waals surface area contributed by atoms with Gasteiger partial charge in [-0.05, 0) is 60.2 Å². The lowest BCUT2D eigenvalue weighted by Crippen LogP contribution is -2.34. The van der Waals surface area contributed by atoms with Crippen LogP contribution in [-0.4, -0.2) is 19.6 Å². The minimum absolute atomic E-state index is 0.228. The van der Waals surface area contributed by atoms with Crippen LogP contribution in [0.3, 0.4) is 0 Å². The van der Waals surface area contributed by atoms with Crippen molar-refractivity contribution >= 4 is 34.8 Å². The van der Waals surface area contributed by atoms with E-state index in [0.29, 0.717) is 27.2 Å². The van der Waals surface area contributed by atoms with Crippen molar-refractivity contribution in [1.82, 2.24) is 0 Å². The van der Waals surface area contributed by atoms with Crippen LogP contribution in [0.15, 0.2) is 66.7 Å². The van der Waals surface area contributed by atoms with Crippen LogP contribution >= 0.6 is 23.2 Å². The molecule has 0 aromatic heterocycles. The number of benzene rings is 3. The van der Waals surface area contributed by atoms with Crippen LogP contribution in [0.1, 0.15) is 5.56 Å². The van der Waals surface area contributed by atoms with Gasteiger partial charge in [0, 0.05) is 10.7 Å². The molecule has 0 bridgehead atoms. The molecule has 150 valence electrons. The van der Waals surface area contributed by atoms with E-state index in [4.69, 9.17) is 32.7 Å². The van der Waals surface area contributed by atoms with E-state index in [0.717, 1.165) is 5.56 Å². The molecule has 0 spiro atoms. The molecule has 0 radical (unpaired) electrons. The van der Waals surface area contributed by atoms with E-state index in [1.165, 1.54) is 12.1 Å². The van der Waals surface area contributed by atoms with E-state index in [2.05, 4.69) is 0 Å². The van der Waals surface area contributed by atoms with Gasteiger partial charge in [0.1, 0.15) is 17.3 Å². The molecule has 0 fully saturated rings. The summed E-state index contributed by atoms with van der Waals surface area (Å²) in [5.41, 5.74) is 1.44. The number of ether oxygens (including phenoxy) is 2. The summed E-state index contributed by atoms with van der Waals surface area (Å²) in [5.74, 6) is 0.412. The lowest BCUT2D eigenvalue weighted by molar-refractivity contribution is -0.120. The van der Waals surface area contributed by atoms with E-state index in [-0.39, 0.29) is 24.9 Å². The van der Waals surface area contributed by atoms with Crippen LogP contribution in [-0.2, 0) is 11.3 Å². The molecule has 0 heterocycles. The Hall–Kier alpha value is -2.76. The Bertz CT molecular complexity index is 978. The highest BCUT2D eigenvalue weighted by atomic mass is 35.5. The number of nitrogens with zero attached hydrogens (tertiary/aromatic N) is 1. The third-order valence-electron chi connectivity index (χ3n) is 4.18. The molecule has 3 rings (SSSR count). The predicted octanol–water partition coefficient (Wildman–Crippen LogP) is 5.75. The molecular weight excluding hydrogens is 416 g/mol. The molecule has 4 nitrogen and oxygen atoms in total. The van der Waals surface area contributed by atoms with Crippen molar-refractivity contribution in [2.45, 2.75) is 6.54 Å². The summed E-state index contributed by atoms with van der Waals surface area (Å²) in [4.78, 5) is 14.5. The van der Waals surface area contributed by atoms with Crippen molar-refractivity contribution in [3.63, 3.8) is 0 Å². The van der Waals surface area contributed by atoms with Gasteiger partial charge in [-0.3, -0.25) is 4.79 Å². The first-order valence-electron chi connectivity index (χ1n) is 8.73. The molecule has 0 atom stereocenters. The van der Waals surface area contributed by atoms with Gasteiger partial charge in [-0.1, -0.05) is 35.3 Å². The van der Waals surface area contributed by atoms with Crippen LogP contribution in [0.5, 0.6) is 11.5 Å². The highest BCUT2D eigenvalue weighted by Gasteiger charge is 2.18. The first kappa shape index (κ1) is 21.0. The second-order valence-corrected chi connectivity index (χ2v) is 7.01. The number of hydrogen-bond donors (Lipinski definition) is 0. The molecule has 0 aliphatic rings. The third-order valence-corrected chi connectivity index (χ3v) is 4.71. The number of carbonyl (C=O) groups excluding carboxylic acids is 1. The SMILES string of the molecule is COc1ccc(N(Cc2ccc(F)cc2)C(=O)COc2ccc(Cl)cc2Cl)cc1. The van der Waals surface area contributed by atoms with Crippen molar-refractivity contribution in [2.75, 3.05) is 18.6 Å². The second kappa shape index (κ2) is 9.63. The van der Waals surface area contributed by atoms with Crippen molar-refractivity contribution in [1.29, 1.82) is 0 Å². The average molecular weight is 434 g/mol. The molecule has 1 amide bonds. The standard InChI is InChI=1S/C22H18Cl2FNO3/c1-28-19-9-7-18(8-10-19)26(13-15-2-5-17(25)6-3-15)22(27)14-29-21-11-4-16(23)12-20(21)24/h2-12H,13-14H2,1H3. The van der Waals surface area contributed by atoms with Gasteiger partial charge >= 0.3 is 0 Å². The van der Waals surface area contributed by atoms with Gasteiger partial charge in [0.15, 0.2) is 6.61 Å². The zero-order chi connectivity index (χ0) is 20.8. The number of halogens is 3. The van der Waals surface area contributed by atoms with Gasteiger partial charge in [0.25, 0.3) is 5.91 Å². The van der Waals surface area contributed by atoms with Crippen LogP contribution < -0.4 is 14.4 Å². The summed E-state index contributed by atoms with van der Waals surface area (Å²) in [7, 11) is 1.57. The zero-order valence-corrected chi connectivity index (χ0v) is 17.1. The van der Waals surface area contributed by atoms with E-state index in [1.807, 2.05) is 0 Å². The fourth-order valence-corrected chi connectivity index (χ4v) is 3.13. The maximum absolute atomic E-state index is 13.2. The van der Waals surface area contributed by atoms with Crippen molar-refractivity contribution in [3.05, 3.63) is 88.2 Å². The maximum Gasteiger partial charge on any atom is 0.265 e. The maximum atomic E-state index is 13.2. The summed E-state index contributed by atoms with van der Waals surface area (Å²) in [6.07, 6.45) is 0. The van der Waals surface area contributed by atoms with Crippen LogP contribution in [0.25, 0.3) is 0 Å². The van der Waals surface area contributed by atoms with Gasteiger partial charge in [-0.2, -0.15) is 0 Å². The molecule has 0 aliphatic carbocycles. The number of methoxy groups -OCH3 is 1. The number of carbonyl (C=O) groups is 1. The summed E-state index contributed by atoms with van der Waals surface area (Å²) >= 11 is 12.0. The number of anilines is 1. The van der Waals surface area contributed by atoms with Gasteiger partial charge in [-0.15, -0.1) is 0 Å². The lowest BCUT2D eigenvalue weighted by Gasteiger charge is -2.23. The van der Waals surface area contributed by atoms with Crippen LogP contribution in [0, 0.1) is 5.82 Å². The summed E-state index contributed by atoms with van der Waals surface area (Å²) in [5, 5.41) is 0.796. The molecule has 0 saturated heterocycles. The Morgan fingerprint density at radius 3 is 2.31 bits per heavy atom. The number of amides is 1. The molecule has 29 heavy (non-hydrogen) atoms. The molecule has 7 heteroatoms. The quantitative estimate of drug-likeness (QED) is 0.475. The first-order valence-corrected chi connectivity index (χ1v) is 9.48. The lowest BCUT2D eigenvalue weighted by atomic mass is 10.2. The summed E-state index contributed by atoms with van der Waals surface area (Å²) in [6.45, 7) is 0.0255. The monoisotopic (exact) mass is 433 g/mol. The predicted molar refractivity (Wildman–Crippen MR) is 113 cm³/mol. The van der Waals surface area contributed by atoms with Crippen molar-refractivity contribution < 1.29 is 18.7 Å². The fourth-order valence-electron chi connectivity index (χ4n) is 2.67. The number of hydrogen-bond acceptors (Lipinski definition) is 3. The Labute approximate surface area is 178 Å². The van der Waals surface area contributed by atoms with Crippen molar-refractivity contribution in [2.24, 2.45) is 0 Å². The second-order valence-electron chi connectivity index (χ2n) is 6.17. The third kappa shape index (κ3) is 5.62.